The van der Waals surface area contributed by atoms with Gasteiger partial charge < -0.3 is 15.1 Å². The van der Waals surface area contributed by atoms with Crippen molar-refractivity contribution in [2.75, 3.05) is 45.5 Å². The van der Waals surface area contributed by atoms with E-state index in [2.05, 4.69) is 5.32 Å². The number of rotatable bonds is 6. The zero-order valence-corrected chi connectivity index (χ0v) is 17.6. The average molecular weight is 412 g/mol. The summed E-state index contributed by atoms with van der Waals surface area (Å²) in [4.78, 5) is 30.2. The first-order valence-electron chi connectivity index (χ1n) is 9.62. The summed E-state index contributed by atoms with van der Waals surface area (Å²) >= 11 is 1.49. The van der Waals surface area contributed by atoms with E-state index in [9.17, 15) is 9.59 Å². The maximum Gasteiger partial charge on any atom is 0.254 e. The smallest absolute Gasteiger partial charge is 0.254 e. The fourth-order valence-corrected chi connectivity index (χ4v) is 4.79. The largest absolute Gasteiger partial charge is 0.342 e. The number of thioether (sulfide) groups is 1. The number of carbonyl (C=O) groups is 2. The molecule has 1 N–H and O–H groups in total. The molecule has 0 bridgehead atoms. The second kappa shape index (κ2) is 10.9. The Balaban J connectivity index is 0.00000261. The summed E-state index contributed by atoms with van der Waals surface area (Å²) in [6, 6.07) is 7.71. The molecule has 2 amide bonds. The molecule has 27 heavy (non-hydrogen) atoms. The zero-order valence-electron chi connectivity index (χ0n) is 16.0. The number of hydrogen-bond donors (Lipinski definition) is 1. The van der Waals surface area contributed by atoms with Crippen molar-refractivity contribution >= 4 is 36.0 Å². The molecule has 2 fully saturated rings. The number of nitrogens with zero attached hydrogens (tertiary/aromatic N) is 2. The lowest BCUT2D eigenvalue weighted by Gasteiger charge is -2.33. The number of nitrogens with one attached hydrogen (secondary N) is 1. The molecular formula is C20H30ClN3O2S. The fourth-order valence-electron chi connectivity index (χ4n) is 3.84. The molecule has 1 aromatic rings. The number of benzene rings is 1. The molecule has 3 rings (SSSR count). The third-order valence-corrected chi connectivity index (χ3v) is 6.28. The number of carbonyl (C=O) groups excluding carboxylic acids is 2. The second-order valence-electron chi connectivity index (χ2n) is 7.19. The first kappa shape index (κ1) is 22.1. The monoisotopic (exact) mass is 411 g/mol. The van der Waals surface area contributed by atoms with Crippen molar-refractivity contribution in [1.82, 2.24) is 15.1 Å². The van der Waals surface area contributed by atoms with E-state index in [1.165, 1.54) is 18.2 Å². The van der Waals surface area contributed by atoms with Crippen molar-refractivity contribution in [1.29, 1.82) is 0 Å². The van der Waals surface area contributed by atoms with Crippen LogP contribution in [0, 0.1) is 5.92 Å². The maximum atomic E-state index is 13.1. The predicted molar refractivity (Wildman–Crippen MR) is 113 cm³/mol. The predicted octanol–water partition coefficient (Wildman–Crippen LogP) is 2.89. The van der Waals surface area contributed by atoms with Gasteiger partial charge in [0.2, 0.25) is 5.91 Å². The third kappa shape index (κ3) is 5.87. The van der Waals surface area contributed by atoms with Gasteiger partial charge in [0.15, 0.2) is 0 Å². The molecule has 1 atom stereocenters. The van der Waals surface area contributed by atoms with Gasteiger partial charge in [0.05, 0.1) is 11.3 Å². The molecule has 150 valence electrons. The first-order valence-corrected chi connectivity index (χ1v) is 10.6. The Kier molecular flexibility index (Phi) is 8.93. The molecule has 1 aromatic carbocycles. The number of piperidine rings is 1. The van der Waals surface area contributed by atoms with E-state index in [0.717, 1.165) is 62.4 Å². The van der Waals surface area contributed by atoms with Crippen LogP contribution in [0.4, 0.5) is 0 Å². The summed E-state index contributed by atoms with van der Waals surface area (Å²) in [7, 11) is 1.96. The Morgan fingerprint density at radius 1 is 1.11 bits per heavy atom. The Bertz CT molecular complexity index is 635. The van der Waals surface area contributed by atoms with E-state index in [1.54, 1.807) is 0 Å². The summed E-state index contributed by atoms with van der Waals surface area (Å²) < 4.78 is 0. The molecule has 0 radical (unpaired) electrons. The van der Waals surface area contributed by atoms with Gasteiger partial charge >= 0.3 is 0 Å². The molecule has 2 heterocycles. The minimum Gasteiger partial charge on any atom is -0.342 e. The number of halogens is 1. The molecular weight excluding hydrogens is 382 g/mol. The van der Waals surface area contributed by atoms with Crippen LogP contribution in [0.3, 0.4) is 0 Å². The van der Waals surface area contributed by atoms with Crippen molar-refractivity contribution in [2.24, 2.45) is 5.92 Å². The first-order chi connectivity index (χ1) is 12.7. The molecule has 2 aliphatic rings. The summed E-state index contributed by atoms with van der Waals surface area (Å²) in [5.74, 6) is 1.21. The molecule has 7 heteroatoms. The van der Waals surface area contributed by atoms with Gasteiger partial charge in [-0.15, -0.1) is 24.2 Å². The number of amides is 2. The van der Waals surface area contributed by atoms with Gasteiger partial charge in [-0.25, -0.2) is 0 Å². The minimum absolute atomic E-state index is 0. The quantitative estimate of drug-likeness (QED) is 0.731. The molecule has 0 spiro atoms. The van der Waals surface area contributed by atoms with Crippen molar-refractivity contribution in [2.45, 2.75) is 30.6 Å². The highest BCUT2D eigenvalue weighted by Gasteiger charge is 2.26. The summed E-state index contributed by atoms with van der Waals surface area (Å²) in [5, 5.41) is 3.22. The van der Waals surface area contributed by atoms with Crippen LogP contribution in [0.15, 0.2) is 29.2 Å². The van der Waals surface area contributed by atoms with Gasteiger partial charge in [-0.2, -0.15) is 0 Å². The second-order valence-corrected chi connectivity index (χ2v) is 8.21. The van der Waals surface area contributed by atoms with Crippen LogP contribution < -0.4 is 5.32 Å². The Hall–Kier alpha value is -1.24. The van der Waals surface area contributed by atoms with E-state index < -0.39 is 0 Å². The van der Waals surface area contributed by atoms with Crippen LogP contribution in [0.2, 0.25) is 0 Å². The van der Waals surface area contributed by atoms with Gasteiger partial charge in [-0.3, -0.25) is 9.59 Å². The number of likely N-dealkylation sites (tertiary alicyclic amines) is 2. The topological polar surface area (TPSA) is 52.7 Å². The molecule has 2 aliphatic heterocycles. The van der Waals surface area contributed by atoms with E-state index >= 15 is 0 Å². The van der Waals surface area contributed by atoms with Gasteiger partial charge in [-0.1, -0.05) is 12.1 Å². The lowest BCUT2D eigenvalue weighted by molar-refractivity contribution is -0.127. The highest BCUT2D eigenvalue weighted by Crippen LogP contribution is 2.26. The van der Waals surface area contributed by atoms with Crippen LogP contribution in [0.25, 0.3) is 0 Å². The van der Waals surface area contributed by atoms with Crippen LogP contribution in [0.1, 0.15) is 36.0 Å². The van der Waals surface area contributed by atoms with Crippen molar-refractivity contribution in [3.05, 3.63) is 29.8 Å². The number of hydrogen-bond acceptors (Lipinski definition) is 4. The van der Waals surface area contributed by atoms with Crippen molar-refractivity contribution in [3.63, 3.8) is 0 Å². The SMILES string of the molecule is CNCC1CCCN(C(=O)c2ccccc2SCC(=O)N2CCCC2)C1.Cl. The van der Waals surface area contributed by atoms with Crippen molar-refractivity contribution in [3.8, 4) is 0 Å². The van der Waals surface area contributed by atoms with Crippen LogP contribution in [0.5, 0.6) is 0 Å². The molecule has 2 saturated heterocycles. The highest BCUT2D eigenvalue weighted by atomic mass is 35.5. The minimum atomic E-state index is 0. The zero-order chi connectivity index (χ0) is 18.4. The van der Waals surface area contributed by atoms with E-state index in [4.69, 9.17) is 0 Å². The van der Waals surface area contributed by atoms with Gasteiger partial charge in [0, 0.05) is 31.1 Å². The van der Waals surface area contributed by atoms with E-state index in [0.29, 0.717) is 11.7 Å². The summed E-state index contributed by atoms with van der Waals surface area (Å²) in [6.45, 7) is 4.34. The summed E-state index contributed by atoms with van der Waals surface area (Å²) in [5.41, 5.74) is 0.733. The van der Waals surface area contributed by atoms with E-state index in [-0.39, 0.29) is 24.2 Å². The third-order valence-electron chi connectivity index (χ3n) is 5.23. The van der Waals surface area contributed by atoms with Gasteiger partial charge in [0.1, 0.15) is 0 Å². The molecule has 1 unspecified atom stereocenters. The Morgan fingerprint density at radius 2 is 1.81 bits per heavy atom. The van der Waals surface area contributed by atoms with Crippen LogP contribution in [-0.2, 0) is 4.79 Å². The molecule has 0 aliphatic carbocycles. The van der Waals surface area contributed by atoms with Crippen molar-refractivity contribution < 1.29 is 9.59 Å². The standard InChI is InChI=1S/C20H29N3O2S.ClH/c1-21-13-16-7-6-12-23(14-16)20(25)17-8-2-3-9-18(17)26-15-19(24)22-10-4-5-11-22;/h2-3,8-9,16,21H,4-7,10-15H2,1H3;1H. The lowest BCUT2D eigenvalue weighted by atomic mass is 9.97. The average Bonchev–Trinajstić information content (AvgIpc) is 3.21. The molecule has 0 aromatic heterocycles. The molecule has 5 nitrogen and oxygen atoms in total. The maximum absolute atomic E-state index is 13.1. The summed E-state index contributed by atoms with van der Waals surface area (Å²) in [6.07, 6.45) is 4.44. The van der Waals surface area contributed by atoms with Gasteiger partial charge in [0.25, 0.3) is 5.91 Å². The van der Waals surface area contributed by atoms with Crippen LogP contribution >= 0.6 is 24.2 Å². The fraction of sp³-hybridized carbons (Fsp3) is 0.600. The lowest BCUT2D eigenvalue weighted by Crippen LogP contribution is -2.42. The molecule has 0 saturated carbocycles. The Labute approximate surface area is 172 Å². The van der Waals surface area contributed by atoms with Crippen LogP contribution in [-0.4, -0.2) is 67.1 Å². The normalized spacial score (nSPS) is 19.7. The van der Waals surface area contributed by atoms with Gasteiger partial charge in [-0.05, 0) is 57.3 Å². The van der Waals surface area contributed by atoms with E-state index in [1.807, 2.05) is 41.1 Å². The Morgan fingerprint density at radius 3 is 2.56 bits per heavy atom. The highest BCUT2D eigenvalue weighted by molar-refractivity contribution is 8.00.